The van der Waals surface area contributed by atoms with Gasteiger partial charge in [-0.3, -0.25) is 4.79 Å². The van der Waals surface area contributed by atoms with Gasteiger partial charge in [0.15, 0.2) is 0 Å². The van der Waals surface area contributed by atoms with Gasteiger partial charge in [-0.2, -0.15) is 0 Å². The Balaban J connectivity index is 2.32. The summed E-state index contributed by atoms with van der Waals surface area (Å²) in [7, 11) is 2.16. The normalized spacial score (nSPS) is 27.1. The largest absolute Gasteiger partial charge is 0.481 e. The summed E-state index contributed by atoms with van der Waals surface area (Å²) in [5, 5.41) is 8.70. The molecule has 0 amide bonds. The van der Waals surface area contributed by atoms with Gasteiger partial charge in [0.2, 0.25) is 0 Å². The Bertz CT molecular complexity index is 234. The minimum absolute atomic E-state index is 0.288. The van der Waals surface area contributed by atoms with Gasteiger partial charge in [0.25, 0.3) is 0 Å². The molecule has 0 heterocycles. The molecule has 0 aromatic heterocycles. The Morgan fingerprint density at radius 3 is 2.41 bits per heavy atom. The number of carbonyl (C=O) groups is 1. The van der Waals surface area contributed by atoms with Crippen LogP contribution in [0.25, 0.3) is 0 Å². The van der Waals surface area contributed by atoms with E-state index in [4.69, 9.17) is 5.11 Å². The van der Waals surface area contributed by atoms with Crippen molar-refractivity contribution >= 4 is 5.97 Å². The molecular formula is C14H27NO2. The van der Waals surface area contributed by atoms with Crippen LogP contribution in [-0.4, -0.2) is 35.1 Å². The number of carboxylic acid groups (broad SMARTS) is 1. The molecule has 1 fully saturated rings. The zero-order valence-electron chi connectivity index (χ0n) is 11.5. The van der Waals surface area contributed by atoms with Crippen LogP contribution in [0.1, 0.15) is 58.8 Å². The van der Waals surface area contributed by atoms with E-state index in [2.05, 4.69) is 25.8 Å². The first-order chi connectivity index (χ1) is 8.04. The van der Waals surface area contributed by atoms with E-state index in [0.717, 1.165) is 12.3 Å². The van der Waals surface area contributed by atoms with Crippen molar-refractivity contribution in [3.8, 4) is 0 Å². The molecule has 0 radical (unpaired) electrons. The van der Waals surface area contributed by atoms with Crippen LogP contribution in [-0.2, 0) is 4.79 Å². The molecule has 100 valence electrons. The van der Waals surface area contributed by atoms with Crippen LogP contribution in [0.5, 0.6) is 0 Å². The number of aliphatic carboxylic acids is 1. The van der Waals surface area contributed by atoms with Gasteiger partial charge in [-0.05, 0) is 52.0 Å². The fourth-order valence-electron chi connectivity index (χ4n) is 2.86. The maximum absolute atomic E-state index is 10.6. The smallest absolute Gasteiger partial charge is 0.303 e. The predicted octanol–water partition coefficient (Wildman–Crippen LogP) is 3.14. The average Bonchev–Trinajstić information content (AvgIpc) is 2.35. The standard InChI is InChI=1S/C14H27NO2/c1-4-12-6-8-13(9-7-12)15(3)11(2)5-10-14(16)17/h11-13H,4-10H2,1-3H3,(H,16,17). The van der Waals surface area contributed by atoms with E-state index in [1.54, 1.807) is 0 Å². The SMILES string of the molecule is CCC1CCC(N(C)C(C)CCC(=O)O)CC1. The van der Waals surface area contributed by atoms with E-state index in [0.29, 0.717) is 12.1 Å². The molecule has 0 saturated heterocycles. The second kappa shape index (κ2) is 7.00. The summed E-state index contributed by atoms with van der Waals surface area (Å²) in [4.78, 5) is 13.0. The number of hydrogen-bond acceptors (Lipinski definition) is 2. The molecule has 1 rings (SSSR count). The predicted molar refractivity (Wildman–Crippen MR) is 70.1 cm³/mol. The summed E-state index contributed by atoms with van der Waals surface area (Å²) in [6.07, 6.45) is 7.62. The van der Waals surface area contributed by atoms with Crippen LogP contribution in [0, 0.1) is 5.92 Å². The van der Waals surface area contributed by atoms with Gasteiger partial charge in [0, 0.05) is 18.5 Å². The minimum Gasteiger partial charge on any atom is -0.481 e. The minimum atomic E-state index is -0.681. The van der Waals surface area contributed by atoms with Gasteiger partial charge in [-0.25, -0.2) is 0 Å². The summed E-state index contributed by atoms with van der Waals surface area (Å²) >= 11 is 0. The van der Waals surface area contributed by atoms with E-state index >= 15 is 0 Å². The van der Waals surface area contributed by atoms with Crippen LogP contribution < -0.4 is 0 Å². The first kappa shape index (κ1) is 14.5. The van der Waals surface area contributed by atoms with Crippen molar-refractivity contribution in [2.45, 2.75) is 70.9 Å². The molecule has 17 heavy (non-hydrogen) atoms. The van der Waals surface area contributed by atoms with Crippen LogP contribution >= 0.6 is 0 Å². The van der Waals surface area contributed by atoms with E-state index in [1.807, 2.05) is 0 Å². The van der Waals surface area contributed by atoms with Gasteiger partial charge < -0.3 is 10.0 Å². The van der Waals surface area contributed by atoms with Crippen molar-refractivity contribution in [3.05, 3.63) is 0 Å². The first-order valence-electron chi connectivity index (χ1n) is 6.98. The van der Waals surface area contributed by atoms with Crippen LogP contribution in [0.15, 0.2) is 0 Å². The molecule has 0 aromatic rings. The molecule has 1 unspecified atom stereocenters. The van der Waals surface area contributed by atoms with Crippen LogP contribution in [0.2, 0.25) is 0 Å². The lowest BCUT2D eigenvalue weighted by molar-refractivity contribution is -0.137. The van der Waals surface area contributed by atoms with Crippen molar-refractivity contribution in [1.29, 1.82) is 0 Å². The third-order valence-electron chi connectivity index (χ3n) is 4.44. The number of hydrogen-bond donors (Lipinski definition) is 1. The molecule has 3 heteroatoms. The number of carboxylic acids is 1. The van der Waals surface area contributed by atoms with Gasteiger partial charge in [0.05, 0.1) is 0 Å². The lowest BCUT2D eigenvalue weighted by Crippen LogP contribution is -2.41. The fraction of sp³-hybridized carbons (Fsp3) is 0.929. The maximum atomic E-state index is 10.6. The third kappa shape index (κ3) is 4.66. The Kier molecular flexibility index (Phi) is 5.96. The van der Waals surface area contributed by atoms with Crippen molar-refractivity contribution in [3.63, 3.8) is 0 Å². The van der Waals surface area contributed by atoms with Crippen molar-refractivity contribution in [2.75, 3.05) is 7.05 Å². The topological polar surface area (TPSA) is 40.5 Å². The van der Waals surface area contributed by atoms with Crippen molar-refractivity contribution < 1.29 is 9.90 Å². The van der Waals surface area contributed by atoms with Crippen LogP contribution in [0.3, 0.4) is 0 Å². The maximum Gasteiger partial charge on any atom is 0.303 e. The molecule has 1 saturated carbocycles. The van der Waals surface area contributed by atoms with E-state index in [1.165, 1.54) is 32.1 Å². The molecule has 0 bridgehead atoms. The fourth-order valence-corrected chi connectivity index (χ4v) is 2.86. The molecule has 0 aliphatic heterocycles. The van der Waals surface area contributed by atoms with E-state index in [9.17, 15) is 4.79 Å². The Hall–Kier alpha value is -0.570. The number of rotatable bonds is 6. The highest BCUT2D eigenvalue weighted by Gasteiger charge is 2.25. The Labute approximate surface area is 105 Å². The molecule has 1 aliphatic rings. The summed E-state index contributed by atoms with van der Waals surface area (Å²) in [6.45, 7) is 4.43. The van der Waals surface area contributed by atoms with Crippen molar-refractivity contribution in [1.82, 2.24) is 4.90 Å². The molecule has 1 aliphatic carbocycles. The van der Waals surface area contributed by atoms with E-state index < -0.39 is 5.97 Å². The van der Waals surface area contributed by atoms with Crippen LogP contribution in [0.4, 0.5) is 0 Å². The monoisotopic (exact) mass is 241 g/mol. The summed E-state index contributed by atoms with van der Waals surface area (Å²) < 4.78 is 0. The quantitative estimate of drug-likeness (QED) is 0.776. The van der Waals surface area contributed by atoms with Gasteiger partial charge >= 0.3 is 5.97 Å². The molecular weight excluding hydrogens is 214 g/mol. The van der Waals surface area contributed by atoms with Crippen molar-refractivity contribution in [2.24, 2.45) is 5.92 Å². The highest BCUT2D eigenvalue weighted by atomic mass is 16.4. The molecule has 3 nitrogen and oxygen atoms in total. The zero-order valence-corrected chi connectivity index (χ0v) is 11.5. The van der Waals surface area contributed by atoms with Gasteiger partial charge in [-0.1, -0.05) is 13.3 Å². The Morgan fingerprint density at radius 1 is 1.35 bits per heavy atom. The lowest BCUT2D eigenvalue weighted by Gasteiger charge is -2.37. The average molecular weight is 241 g/mol. The van der Waals surface area contributed by atoms with Gasteiger partial charge in [-0.15, -0.1) is 0 Å². The highest BCUT2D eigenvalue weighted by molar-refractivity contribution is 5.66. The summed E-state index contributed by atoms with van der Waals surface area (Å²) in [5.74, 6) is 0.244. The summed E-state index contributed by atoms with van der Waals surface area (Å²) in [6, 6.07) is 1.05. The molecule has 1 N–H and O–H groups in total. The summed E-state index contributed by atoms with van der Waals surface area (Å²) in [5.41, 5.74) is 0. The van der Waals surface area contributed by atoms with Gasteiger partial charge in [0.1, 0.15) is 0 Å². The molecule has 1 atom stereocenters. The molecule has 0 spiro atoms. The molecule has 0 aromatic carbocycles. The highest BCUT2D eigenvalue weighted by Crippen LogP contribution is 2.30. The number of nitrogens with zero attached hydrogens (tertiary/aromatic N) is 1. The van der Waals surface area contributed by atoms with E-state index in [-0.39, 0.29) is 6.42 Å². The zero-order chi connectivity index (χ0) is 12.8. The second-order valence-corrected chi connectivity index (χ2v) is 5.53. The Morgan fingerprint density at radius 2 is 1.94 bits per heavy atom. The second-order valence-electron chi connectivity index (χ2n) is 5.53. The third-order valence-corrected chi connectivity index (χ3v) is 4.44. The lowest BCUT2D eigenvalue weighted by atomic mass is 9.83. The first-order valence-corrected chi connectivity index (χ1v) is 6.98.